The molecular weight excluding hydrogens is 352 g/mol. The van der Waals surface area contributed by atoms with Gasteiger partial charge in [0.05, 0.1) is 14.2 Å². The largest absolute Gasteiger partial charge is 0.493 e. The van der Waals surface area contributed by atoms with Gasteiger partial charge in [0.15, 0.2) is 17.6 Å². The van der Waals surface area contributed by atoms with Crippen LogP contribution < -0.4 is 14.8 Å². The van der Waals surface area contributed by atoms with E-state index in [4.69, 9.17) is 14.2 Å². The number of nitrogens with one attached hydrogen (secondary N) is 1. The highest BCUT2D eigenvalue weighted by molar-refractivity contribution is 5.95. The second-order valence-electron chi connectivity index (χ2n) is 6.32. The first-order chi connectivity index (χ1) is 12.9. The average Bonchev–Trinajstić information content (AvgIpc) is 2.85. The lowest BCUT2D eigenvalue weighted by Gasteiger charge is -2.21. The smallest absolute Gasteiger partial charge is 0.326 e. The maximum atomic E-state index is 12.3. The molecule has 1 heterocycles. The fraction of sp³-hybridized carbons (Fsp3) is 0.526. The van der Waals surface area contributed by atoms with Gasteiger partial charge in [-0.2, -0.15) is 0 Å². The minimum Gasteiger partial charge on any atom is -0.493 e. The van der Waals surface area contributed by atoms with Crippen molar-refractivity contribution in [3.8, 4) is 11.5 Å². The normalized spacial score (nSPS) is 15.5. The molecule has 2 amide bonds. The maximum Gasteiger partial charge on any atom is 0.326 e. The molecule has 1 aromatic carbocycles. The molecule has 148 valence electrons. The zero-order valence-corrected chi connectivity index (χ0v) is 15.9. The van der Waals surface area contributed by atoms with Crippen molar-refractivity contribution in [2.75, 3.05) is 32.6 Å². The van der Waals surface area contributed by atoms with Gasteiger partial charge in [-0.05, 0) is 31.9 Å². The summed E-state index contributed by atoms with van der Waals surface area (Å²) in [5.41, 5.74) is 0.489. The number of esters is 1. The van der Waals surface area contributed by atoms with E-state index in [0.717, 1.165) is 19.3 Å². The molecule has 1 aliphatic heterocycles. The van der Waals surface area contributed by atoms with Crippen LogP contribution in [0.3, 0.4) is 0 Å². The van der Waals surface area contributed by atoms with Crippen molar-refractivity contribution < 1.29 is 28.6 Å². The van der Waals surface area contributed by atoms with E-state index in [9.17, 15) is 14.4 Å². The fourth-order valence-electron chi connectivity index (χ4n) is 2.81. The van der Waals surface area contributed by atoms with E-state index in [2.05, 4.69) is 5.32 Å². The minimum atomic E-state index is -0.993. The van der Waals surface area contributed by atoms with E-state index in [-0.39, 0.29) is 12.5 Å². The summed E-state index contributed by atoms with van der Waals surface area (Å²) < 4.78 is 15.5. The van der Waals surface area contributed by atoms with Crippen LogP contribution in [0, 0.1) is 0 Å². The Morgan fingerprint density at radius 3 is 2.59 bits per heavy atom. The Balaban J connectivity index is 1.89. The number of anilines is 1. The third-order valence-corrected chi connectivity index (χ3v) is 4.32. The fourth-order valence-corrected chi connectivity index (χ4v) is 2.81. The van der Waals surface area contributed by atoms with Crippen molar-refractivity contribution in [1.29, 1.82) is 0 Å². The first-order valence-corrected chi connectivity index (χ1v) is 8.94. The molecule has 1 aromatic rings. The summed E-state index contributed by atoms with van der Waals surface area (Å²) in [6.45, 7) is 1.89. The molecule has 8 heteroatoms. The van der Waals surface area contributed by atoms with E-state index < -0.39 is 18.0 Å². The molecule has 1 saturated heterocycles. The Kier molecular flexibility index (Phi) is 7.45. The summed E-state index contributed by atoms with van der Waals surface area (Å²) in [4.78, 5) is 37.8. The number of carbonyl (C=O) groups is 3. The van der Waals surface area contributed by atoms with Crippen molar-refractivity contribution in [2.45, 2.75) is 38.7 Å². The third kappa shape index (κ3) is 5.87. The lowest BCUT2D eigenvalue weighted by Crippen LogP contribution is -2.38. The summed E-state index contributed by atoms with van der Waals surface area (Å²) in [6, 6.07) is 4.93. The molecule has 0 aliphatic carbocycles. The number of amides is 2. The van der Waals surface area contributed by atoms with Crippen LogP contribution in [0.25, 0.3) is 0 Å². The molecule has 0 saturated carbocycles. The van der Waals surface area contributed by atoms with Crippen LogP contribution >= 0.6 is 0 Å². The molecule has 1 fully saturated rings. The zero-order valence-electron chi connectivity index (χ0n) is 15.9. The quantitative estimate of drug-likeness (QED) is 0.729. The Bertz CT molecular complexity index is 691. The molecule has 0 bridgehead atoms. The number of carbonyl (C=O) groups excluding carboxylic acids is 3. The Morgan fingerprint density at radius 2 is 1.89 bits per heavy atom. The monoisotopic (exact) mass is 378 g/mol. The van der Waals surface area contributed by atoms with Crippen LogP contribution in [0.15, 0.2) is 18.2 Å². The van der Waals surface area contributed by atoms with Gasteiger partial charge in [-0.3, -0.25) is 14.4 Å². The SMILES string of the molecule is COc1ccc(NC(=O)[C@@H](C)OC(=O)CN2CCCCCC2=O)cc1OC. The molecule has 0 radical (unpaired) electrons. The van der Waals surface area contributed by atoms with Gasteiger partial charge in [0, 0.05) is 24.7 Å². The van der Waals surface area contributed by atoms with Gasteiger partial charge >= 0.3 is 5.97 Å². The molecule has 1 atom stereocenters. The van der Waals surface area contributed by atoms with Crippen molar-refractivity contribution in [3.05, 3.63) is 18.2 Å². The lowest BCUT2D eigenvalue weighted by molar-refractivity contribution is -0.156. The number of hydrogen-bond acceptors (Lipinski definition) is 6. The summed E-state index contributed by atoms with van der Waals surface area (Å²) >= 11 is 0. The average molecular weight is 378 g/mol. The molecule has 2 rings (SSSR count). The minimum absolute atomic E-state index is 0.0492. The van der Waals surface area contributed by atoms with Crippen LogP contribution in [-0.2, 0) is 19.1 Å². The number of likely N-dealkylation sites (tertiary alicyclic amines) is 1. The highest BCUT2D eigenvalue weighted by Gasteiger charge is 2.23. The predicted molar refractivity (Wildman–Crippen MR) is 98.8 cm³/mol. The summed E-state index contributed by atoms with van der Waals surface area (Å²) in [7, 11) is 3.02. The van der Waals surface area contributed by atoms with Crippen LogP contribution in [0.1, 0.15) is 32.6 Å². The number of hydrogen-bond donors (Lipinski definition) is 1. The lowest BCUT2D eigenvalue weighted by atomic mass is 10.2. The van der Waals surface area contributed by atoms with E-state index in [0.29, 0.717) is 30.2 Å². The van der Waals surface area contributed by atoms with Gasteiger partial charge in [-0.25, -0.2) is 0 Å². The predicted octanol–water partition coefficient (Wildman–Crippen LogP) is 1.98. The van der Waals surface area contributed by atoms with E-state index >= 15 is 0 Å². The molecule has 0 spiro atoms. The van der Waals surface area contributed by atoms with Crippen molar-refractivity contribution in [3.63, 3.8) is 0 Å². The van der Waals surface area contributed by atoms with Crippen LogP contribution in [0.2, 0.25) is 0 Å². The number of rotatable bonds is 7. The van der Waals surface area contributed by atoms with E-state index in [1.54, 1.807) is 18.2 Å². The topological polar surface area (TPSA) is 94.2 Å². The third-order valence-electron chi connectivity index (χ3n) is 4.32. The van der Waals surface area contributed by atoms with Crippen LogP contribution in [-0.4, -0.2) is 56.1 Å². The molecule has 27 heavy (non-hydrogen) atoms. The van der Waals surface area contributed by atoms with Crippen molar-refractivity contribution in [1.82, 2.24) is 4.90 Å². The van der Waals surface area contributed by atoms with E-state index in [1.807, 2.05) is 0 Å². The summed E-state index contributed by atoms with van der Waals surface area (Å²) in [6.07, 6.45) is 2.14. The summed E-state index contributed by atoms with van der Waals surface area (Å²) in [5, 5.41) is 2.66. The highest BCUT2D eigenvalue weighted by atomic mass is 16.5. The van der Waals surface area contributed by atoms with Crippen LogP contribution in [0.4, 0.5) is 5.69 Å². The second kappa shape index (κ2) is 9.80. The number of ether oxygens (including phenoxy) is 3. The van der Waals surface area contributed by atoms with Gasteiger partial charge < -0.3 is 24.4 Å². The van der Waals surface area contributed by atoms with Gasteiger partial charge in [0.2, 0.25) is 5.91 Å². The molecular formula is C19H26N2O6. The maximum absolute atomic E-state index is 12.3. The van der Waals surface area contributed by atoms with Crippen LogP contribution in [0.5, 0.6) is 11.5 Å². The van der Waals surface area contributed by atoms with E-state index in [1.165, 1.54) is 26.0 Å². The zero-order chi connectivity index (χ0) is 19.8. The van der Waals surface area contributed by atoms with Gasteiger partial charge in [0.1, 0.15) is 6.54 Å². The molecule has 0 aromatic heterocycles. The van der Waals surface area contributed by atoms with Crippen molar-refractivity contribution in [2.24, 2.45) is 0 Å². The standard InChI is InChI=1S/C19H26N2O6/c1-13(27-18(23)12-21-10-6-4-5-7-17(21)22)19(24)20-14-8-9-15(25-2)16(11-14)26-3/h8-9,11,13H,4-7,10,12H2,1-3H3,(H,20,24)/t13-/m1/s1. The van der Waals surface area contributed by atoms with Crippen molar-refractivity contribution >= 4 is 23.5 Å². The Hall–Kier alpha value is -2.77. The Labute approximate surface area is 158 Å². The molecule has 8 nitrogen and oxygen atoms in total. The molecule has 1 aliphatic rings. The van der Waals surface area contributed by atoms with Gasteiger partial charge in [-0.15, -0.1) is 0 Å². The number of benzene rings is 1. The first kappa shape index (κ1) is 20.5. The Morgan fingerprint density at radius 1 is 1.15 bits per heavy atom. The number of nitrogens with zero attached hydrogens (tertiary/aromatic N) is 1. The molecule has 0 unspecified atom stereocenters. The highest BCUT2D eigenvalue weighted by Crippen LogP contribution is 2.29. The van der Waals surface area contributed by atoms with Gasteiger partial charge in [0.25, 0.3) is 5.91 Å². The summed E-state index contributed by atoms with van der Waals surface area (Å²) in [5.74, 6) is -0.110. The number of methoxy groups -OCH3 is 2. The van der Waals surface area contributed by atoms with Gasteiger partial charge in [-0.1, -0.05) is 6.42 Å². The first-order valence-electron chi connectivity index (χ1n) is 8.94. The second-order valence-corrected chi connectivity index (χ2v) is 6.32. The molecule has 1 N–H and O–H groups in total.